The number of benzene rings is 1. The van der Waals surface area contributed by atoms with Gasteiger partial charge in [-0.05, 0) is 12.1 Å². The van der Waals surface area contributed by atoms with E-state index >= 15 is 0 Å². The van der Waals surface area contributed by atoms with Gasteiger partial charge < -0.3 is 4.84 Å². The van der Waals surface area contributed by atoms with Crippen molar-refractivity contribution in [3.05, 3.63) is 29.6 Å². The van der Waals surface area contributed by atoms with Crippen LogP contribution in [0.4, 0.5) is 17.6 Å². The first-order valence-electron chi connectivity index (χ1n) is 3.43. The van der Waals surface area contributed by atoms with Crippen molar-refractivity contribution in [1.29, 1.82) is 0 Å². The normalized spacial score (nSPS) is 11.5. The third-order valence-electron chi connectivity index (χ3n) is 1.38. The van der Waals surface area contributed by atoms with Gasteiger partial charge in [-0.25, -0.2) is 10.2 Å². The Bertz CT molecular complexity index is 326. The van der Waals surface area contributed by atoms with Crippen molar-refractivity contribution in [2.24, 2.45) is 5.84 Å². The Balaban J connectivity index is 3.07. The fourth-order valence-corrected chi connectivity index (χ4v) is 0.853. The molecule has 0 aromatic heterocycles. The zero-order valence-corrected chi connectivity index (χ0v) is 6.73. The summed E-state index contributed by atoms with van der Waals surface area (Å²) in [5.41, 5.74) is 0.520. The molecule has 1 rings (SSSR count). The molecule has 0 saturated heterocycles. The van der Waals surface area contributed by atoms with Crippen LogP contribution in [0.2, 0.25) is 0 Å². The summed E-state index contributed by atoms with van der Waals surface area (Å²) in [4.78, 5) is 4.31. The van der Waals surface area contributed by atoms with E-state index in [4.69, 9.17) is 5.84 Å². The Hall–Kier alpha value is -1.34. The van der Waals surface area contributed by atoms with E-state index in [1.807, 2.05) is 0 Å². The highest BCUT2D eigenvalue weighted by molar-refractivity contribution is 5.31. The zero-order chi connectivity index (χ0) is 10.8. The van der Waals surface area contributed by atoms with E-state index in [2.05, 4.69) is 4.84 Å². The molecule has 1 aromatic rings. The predicted octanol–water partition coefficient (Wildman–Crippen LogP) is 1.60. The molecule has 0 fully saturated rings. The highest BCUT2D eigenvalue weighted by Gasteiger charge is 2.31. The largest absolute Gasteiger partial charge is 0.416 e. The predicted molar refractivity (Wildman–Crippen MR) is 39.4 cm³/mol. The van der Waals surface area contributed by atoms with Gasteiger partial charge in [-0.1, -0.05) is 5.59 Å². The molecule has 0 saturated carbocycles. The molecule has 0 aliphatic rings. The van der Waals surface area contributed by atoms with Crippen LogP contribution in [0, 0.1) is 5.82 Å². The summed E-state index contributed by atoms with van der Waals surface area (Å²) in [7, 11) is 0. The zero-order valence-electron chi connectivity index (χ0n) is 6.73. The van der Waals surface area contributed by atoms with Crippen LogP contribution < -0.4 is 16.3 Å². The molecule has 14 heavy (non-hydrogen) atoms. The van der Waals surface area contributed by atoms with Gasteiger partial charge in [0.05, 0.1) is 5.56 Å². The Morgan fingerprint density at radius 3 is 2.36 bits per heavy atom. The first-order valence-corrected chi connectivity index (χ1v) is 3.43. The van der Waals surface area contributed by atoms with Gasteiger partial charge >= 0.3 is 6.18 Å². The van der Waals surface area contributed by atoms with Gasteiger partial charge in [0.2, 0.25) is 0 Å². The number of hydrogen-bond acceptors (Lipinski definition) is 3. The minimum absolute atomic E-state index is 0.347. The van der Waals surface area contributed by atoms with Gasteiger partial charge in [-0.2, -0.15) is 13.2 Å². The summed E-state index contributed by atoms with van der Waals surface area (Å²) in [6, 6.07) is 1.77. The third kappa shape index (κ3) is 2.57. The SMILES string of the molecule is NNOc1cc(F)cc(C(F)(F)F)c1. The highest BCUT2D eigenvalue weighted by Crippen LogP contribution is 2.32. The Morgan fingerprint density at radius 1 is 1.21 bits per heavy atom. The van der Waals surface area contributed by atoms with Gasteiger partial charge in [0, 0.05) is 6.07 Å². The van der Waals surface area contributed by atoms with Crippen molar-refractivity contribution in [3.8, 4) is 5.75 Å². The van der Waals surface area contributed by atoms with Crippen LogP contribution in [0.1, 0.15) is 5.56 Å². The fraction of sp³-hybridized carbons (Fsp3) is 0.143. The van der Waals surface area contributed by atoms with Crippen LogP contribution in [0.15, 0.2) is 18.2 Å². The molecule has 3 nitrogen and oxygen atoms in total. The van der Waals surface area contributed by atoms with E-state index < -0.39 is 17.6 Å². The molecule has 0 aliphatic heterocycles. The van der Waals surface area contributed by atoms with Gasteiger partial charge in [-0.3, -0.25) is 0 Å². The molecule has 0 atom stereocenters. The first kappa shape index (κ1) is 10.7. The average molecular weight is 210 g/mol. The first-order chi connectivity index (χ1) is 6.43. The number of rotatable bonds is 2. The topological polar surface area (TPSA) is 47.3 Å². The van der Waals surface area contributed by atoms with Crippen LogP contribution in [0.3, 0.4) is 0 Å². The number of halogens is 4. The maximum Gasteiger partial charge on any atom is 0.416 e. The van der Waals surface area contributed by atoms with E-state index in [1.165, 1.54) is 0 Å². The van der Waals surface area contributed by atoms with Crippen molar-refractivity contribution < 1.29 is 22.4 Å². The molecule has 78 valence electrons. The Labute approximate surface area is 76.4 Å². The van der Waals surface area contributed by atoms with Crippen molar-refractivity contribution in [3.63, 3.8) is 0 Å². The van der Waals surface area contributed by atoms with Gasteiger partial charge in [-0.15, -0.1) is 0 Å². The second-order valence-electron chi connectivity index (χ2n) is 2.39. The summed E-state index contributed by atoms with van der Waals surface area (Å²) in [6.07, 6.45) is -4.62. The number of hydrogen-bond donors (Lipinski definition) is 2. The molecule has 1 aromatic carbocycles. The molecule has 0 aliphatic carbocycles. The van der Waals surface area contributed by atoms with Gasteiger partial charge in [0.15, 0.2) is 5.75 Å². The van der Waals surface area contributed by atoms with E-state index in [0.29, 0.717) is 12.1 Å². The summed E-state index contributed by atoms with van der Waals surface area (Å²) in [6.45, 7) is 0. The molecule has 0 bridgehead atoms. The molecule has 0 unspecified atom stereocenters. The Kier molecular flexibility index (Phi) is 2.92. The highest BCUT2D eigenvalue weighted by atomic mass is 19.4. The van der Waals surface area contributed by atoms with Crippen LogP contribution in [-0.4, -0.2) is 0 Å². The smallest absolute Gasteiger partial charge is 0.394 e. The third-order valence-corrected chi connectivity index (χ3v) is 1.38. The quantitative estimate of drug-likeness (QED) is 0.442. The van der Waals surface area contributed by atoms with E-state index in [0.717, 1.165) is 6.07 Å². The van der Waals surface area contributed by atoms with Crippen molar-refractivity contribution in [2.75, 3.05) is 0 Å². The maximum absolute atomic E-state index is 12.6. The average Bonchev–Trinajstić information content (AvgIpc) is 2.02. The second-order valence-corrected chi connectivity index (χ2v) is 2.39. The number of nitrogens with one attached hydrogen (secondary N) is 1. The molecule has 0 spiro atoms. The van der Waals surface area contributed by atoms with E-state index in [1.54, 1.807) is 5.59 Å². The standard InChI is InChI=1S/C7H6F4N2O/c8-5-1-4(7(9,10)11)2-6(3-5)14-13-12/h1-3,13H,12H2. The van der Waals surface area contributed by atoms with Gasteiger partial charge in [0.25, 0.3) is 0 Å². The fourth-order valence-electron chi connectivity index (χ4n) is 0.853. The lowest BCUT2D eigenvalue weighted by Crippen LogP contribution is -2.26. The molecular weight excluding hydrogens is 204 g/mol. The number of nitrogens with two attached hydrogens (primary N) is 1. The summed E-state index contributed by atoms with van der Waals surface area (Å²) < 4.78 is 49.0. The minimum Gasteiger partial charge on any atom is -0.394 e. The van der Waals surface area contributed by atoms with Crippen LogP contribution >= 0.6 is 0 Å². The van der Waals surface area contributed by atoms with Crippen molar-refractivity contribution >= 4 is 0 Å². The van der Waals surface area contributed by atoms with Gasteiger partial charge in [0.1, 0.15) is 5.82 Å². The molecule has 3 N–H and O–H groups in total. The summed E-state index contributed by atoms with van der Waals surface area (Å²) in [5.74, 6) is 3.30. The summed E-state index contributed by atoms with van der Waals surface area (Å²) >= 11 is 0. The number of alkyl halides is 3. The second kappa shape index (κ2) is 3.81. The maximum atomic E-state index is 12.6. The molecule has 0 amide bonds. The Morgan fingerprint density at radius 2 is 1.86 bits per heavy atom. The van der Waals surface area contributed by atoms with E-state index in [9.17, 15) is 17.6 Å². The number of hydrazine groups is 1. The van der Waals surface area contributed by atoms with Crippen molar-refractivity contribution in [1.82, 2.24) is 5.59 Å². The van der Waals surface area contributed by atoms with Crippen LogP contribution in [-0.2, 0) is 6.18 Å². The van der Waals surface area contributed by atoms with E-state index in [-0.39, 0.29) is 5.75 Å². The van der Waals surface area contributed by atoms with Crippen LogP contribution in [0.5, 0.6) is 5.75 Å². The summed E-state index contributed by atoms with van der Waals surface area (Å²) in [5, 5.41) is 0. The lowest BCUT2D eigenvalue weighted by Gasteiger charge is -2.08. The minimum atomic E-state index is -4.62. The monoisotopic (exact) mass is 210 g/mol. The van der Waals surface area contributed by atoms with Crippen molar-refractivity contribution in [2.45, 2.75) is 6.18 Å². The lowest BCUT2D eigenvalue weighted by molar-refractivity contribution is -0.137. The molecule has 0 radical (unpaired) electrons. The molecule has 0 heterocycles. The molecule has 7 heteroatoms. The lowest BCUT2D eigenvalue weighted by atomic mass is 10.2. The molecular formula is C7H6F4N2O. The van der Waals surface area contributed by atoms with Crippen LogP contribution in [0.25, 0.3) is 0 Å².